The van der Waals surface area contributed by atoms with Crippen LogP contribution in [0.3, 0.4) is 0 Å². The number of aryl methyl sites for hydroxylation is 1. The lowest BCUT2D eigenvalue weighted by atomic mass is 10.1. The lowest BCUT2D eigenvalue weighted by molar-refractivity contribution is 0.102. The molecule has 2 aromatic carbocycles. The summed E-state index contributed by atoms with van der Waals surface area (Å²) in [6.07, 6.45) is 2.30. The van der Waals surface area contributed by atoms with Crippen molar-refractivity contribution in [3.8, 4) is 5.69 Å². The van der Waals surface area contributed by atoms with Crippen molar-refractivity contribution in [2.75, 3.05) is 5.32 Å². The molecule has 4 nitrogen and oxygen atoms in total. The van der Waals surface area contributed by atoms with E-state index in [0.717, 1.165) is 29.7 Å². The maximum atomic E-state index is 14.2. The number of rotatable bonds is 3. The summed E-state index contributed by atoms with van der Waals surface area (Å²) in [5, 5.41) is 6.95. The smallest absolute Gasteiger partial charge is 0.276 e. The number of nitrogens with zero attached hydrogens (tertiary/aromatic N) is 2. The summed E-state index contributed by atoms with van der Waals surface area (Å²) in [7, 11) is 0. The Morgan fingerprint density at radius 3 is 2.73 bits per heavy atom. The molecule has 0 fully saturated rings. The third kappa shape index (κ3) is 2.77. The van der Waals surface area contributed by atoms with Gasteiger partial charge in [-0.3, -0.25) is 4.79 Å². The maximum Gasteiger partial charge on any atom is 0.276 e. The highest BCUT2D eigenvalue weighted by molar-refractivity contribution is 6.04. The first-order chi connectivity index (χ1) is 12.5. The first kappa shape index (κ1) is 16.4. The Bertz CT molecular complexity index is 1010. The Balaban J connectivity index is 1.74. The summed E-state index contributed by atoms with van der Waals surface area (Å²) in [4.78, 5) is 12.7. The number of hydrogen-bond acceptors (Lipinski definition) is 2. The van der Waals surface area contributed by atoms with E-state index in [0.29, 0.717) is 12.1 Å². The monoisotopic (exact) mass is 353 g/mol. The fourth-order valence-corrected chi connectivity index (χ4v) is 3.36. The van der Waals surface area contributed by atoms with Crippen LogP contribution in [-0.2, 0) is 12.8 Å². The summed E-state index contributed by atoms with van der Waals surface area (Å²) >= 11 is 0. The number of nitrogens with one attached hydrogen (secondary N) is 1. The van der Waals surface area contributed by atoms with Crippen LogP contribution in [0.1, 0.15) is 33.7 Å². The van der Waals surface area contributed by atoms with Crippen LogP contribution in [0.2, 0.25) is 0 Å². The molecule has 0 saturated carbocycles. The van der Waals surface area contributed by atoms with Crippen molar-refractivity contribution >= 4 is 11.6 Å². The van der Waals surface area contributed by atoms with E-state index in [-0.39, 0.29) is 11.4 Å². The van der Waals surface area contributed by atoms with Crippen LogP contribution in [0.15, 0.2) is 42.5 Å². The van der Waals surface area contributed by atoms with Gasteiger partial charge in [0.2, 0.25) is 0 Å². The number of para-hydroxylation sites is 1. The number of hydrogen-bond donors (Lipinski definition) is 1. The van der Waals surface area contributed by atoms with Gasteiger partial charge >= 0.3 is 0 Å². The fourth-order valence-electron chi connectivity index (χ4n) is 3.36. The number of anilines is 1. The molecule has 1 N–H and O–H groups in total. The van der Waals surface area contributed by atoms with E-state index >= 15 is 0 Å². The van der Waals surface area contributed by atoms with Crippen molar-refractivity contribution in [1.29, 1.82) is 0 Å². The molecule has 0 saturated heterocycles. The van der Waals surface area contributed by atoms with E-state index in [1.165, 1.54) is 16.8 Å². The molecule has 0 unspecified atom stereocenters. The molecule has 6 heteroatoms. The van der Waals surface area contributed by atoms with Crippen LogP contribution in [0.5, 0.6) is 0 Å². The molecule has 1 heterocycles. The largest absolute Gasteiger partial charge is 0.318 e. The molecule has 0 aliphatic heterocycles. The molecule has 1 aromatic heterocycles. The maximum absolute atomic E-state index is 14.2. The number of carbonyl (C=O) groups excluding carboxylic acids is 1. The molecule has 3 aromatic rings. The van der Waals surface area contributed by atoms with Gasteiger partial charge in [-0.25, -0.2) is 13.5 Å². The molecule has 0 bridgehead atoms. The summed E-state index contributed by atoms with van der Waals surface area (Å²) in [6.45, 7) is 1.82. The lowest BCUT2D eigenvalue weighted by Crippen LogP contribution is -2.16. The summed E-state index contributed by atoms with van der Waals surface area (Å²) < 4.78 is 29.6. The van der Waals surface area contributed by atoms with Crippen LogP contribution in [0, 0.1) is 18.6 Å². The van der Waals surface area contributed by atoms with Gasteiger partial charge in [0.25, 0.3) is 5.91 Å². The Kier molecular flexibility index (Phi) is 4.03. The van der Waals surface area contributed by atoms with Crippen molar-refractivity contribution in [3.63, 3.8) is 0 Å². The number of halogens is 2. The van der Waals surface area contributed by atoms with E-state index in [9.17, 15) is 13.6 Å². The molecule has 0 atom stereocenters. The van der Waals surface area contributed by atoms with E-state index in [1.807, 2.05) is 6.92 Å². The molecule has 4 rings (SSSR count). The Labute approximate surface area is 149 Å². The average Bonchev–Trinajstić information content (AvgIpc) is 3.21. The van der Waals surface area contributed by atoms with Gasteiger partial charge in [0.15, 0.2) is 5.69 Å². The van der Waals surface area contributed by atoms with Crippen molar-refractivity contribution in [3.05, 3.63) is 76.6 Å². The number of aromatic nitrogens is 2. The standard InChI is InChI=1S/C20H17F2N3O/c1-12-9-10-14(21)16(11-12)23-20(26)19-13-5-4-8-17(13)25(24-19)18-7-3-2-6-15(18)22/h2-3,6-7,9-11H,4-5,8H2,1H3,(H,23,26). The van der Waals surface area contributed by atoms with E-state index in [2.05, 4.69) is 10.4 Å². The quantitative estimate of drug-likeness (QED) is 0.767. The Morgan fingerprint density at radius 2 is 1.92 bits per heavy atom. The zero-order chi connectivity index (χ0) is 18.3. The van der Waals surface area contributed by atoms with Gasteiger partial charge in [0, 0.05) is 11.3 Å². The van der Waals surface area contributed by atoms with Gasteiger partial charge < -0.3 is 5.32 Å². The van der Waals surface area contributed by atoms with Gasteiger partial charge in [-0.1, -0.05) is 18.2 Å². The third-order valence-electron chi connectivity index (χ3n) is 4.60. The van der Waals surface area contributed by atoms with E-state index in [1.54, 1.807) is 30.3 Å². The van der Waals surface area contributed by atoms with Gasteiger partial charge in [0.05, 0.1) is 5.69 Å². The SMILES string of the molecule is Cc1ccc(F)c(NC(=O)c2nn(-c3ccccc3F)c3c2CCC3)c1. The first-order valence-corrected chi connectivity index (χ1v) is 8.48. The third-order valence-corrected chi connectivity index (χ3v) is 4.60. The van der Waals surface area contributed by atoms with Crippen molar-refractivity contribution in [1.82, 2.24) is 9.78 Å². The van der Waals surface area contributed by atoms with E-state index < -0.39 is 17.5 Å². The zero-order valence-corrected chi connectivity index (χ0v) is 14.2. The van der Waals surface area contributed by atoms with Gasteiger partial charge in [0.1, 0.15) is 17.3 Å². The second kappa shape index (κ2) is 6.37. The van der Waals surface area contributed by atoms with Crippen LogP contribution in [0.4, 0.5) is 14.5 Å². The predicted molar refractivity (Wildman–Crippen MR) is 94.6 cm³/mol. The molecule has 0 spiro atoms. The van der Waals surface area contributed by atoms with Crippen LogP contribution in [-0.4, -0.2) is 15.7 Å². The lowest BCUT2D eigenvalue weighted by Gasteiger charge is -2.07. The fraction of sp³-hybridized carbons (Fsp3) is 0.200. The molecule has 132 valence electrons. The zero-order valence-electron chi connectivity index (χ0n) is 14.2. The van der Waals surface area contributed by atoms with Crippen molar-refractivity contribution in [2.45, 2.75) is 26.2 Å². The number of carbonyl (C=O) groups is 1. The Hall–Kier alpha value is -3.02. The minimum Gasteiger partial charge on any atom is -0.318 e. The number of fused-ring (bicyclic) bond motifs is 1. The topological polar surface area (TPSA) is 46.9 Å². The second-order valence-electron chi connectivity index (χ2n) is 6.43. The first-order valence-electron chi connectivity index (χ1n) is 8.48. The van der Waals surface area contributed by atoms with Crippen LogP contribution in [0.25, 0.3) is 5.69 Å². The minimum atomic E-state index is -0.505. The van der Waals surface area contributed by atoms with Gasteiger partial charge in [-0.2, -0.15) is 5.10 Å². The molecular weight excluding hydrogens is 336 g/mol. The number of amides is 1. The minimum absolute atomic E-state index is 0.113. The molecule has 1 aliphatic rings. The van der Waals surface area contributed by atoms with E-state index in [4.69, 9.17) is 0 Å². The van der Waals surface area contributed by atoms with Gasteiger partial charge in [-0.05, 0) is 56.0 Å². The van der Waals surface area contributed by atoms with Gasteiger partial charge in [-0.15, -0.1) is 0 Å². The van der Waals surface area contributed by atoms with Crippen molar-refractivity contribution < 1.29 is 13.6 Å². The molecule has 1 amide bonds. The Morgan fingerprint density at radius 1 is 1.12 bits per heavy atom. The average molecular weight is 353 g/mol. The normalized spacial score (nSPS) is 12.9. The summed E-state index contributed by atoms with van der Waals surface area (Å²) in [5.41, 5.74) is 3.13. The molecular formula is C20H17F2N3O. The summed E-state index contributed by atoms with van der Waals surface area (Å²) in [6, 6.07) is 10.8. The van der Waals surface area contributed by atoms with Crippen LogP contribution >= 0.6 is 0 Å². The second-order valence-corrected chi connectivity index (χ2v) is 6.43. The molecule has 26 heavy (non-hydrogen) atoms. The number of benzene rings is 2. The van der Waals surface area contributed by atoms with Crippen molar-refractivity contribution in [2.24, 2.45) is 0 Å². The van der Waals surface area contributed by atoms with Crippen LogP contribution < -0.4 is 5.32 Å². The predicted octanol–water partition coefficient (Wildman–Crippen LogP) is 4.20. The summed E-state index contributed by atoms with van der Waals surface area (Å²) in [5.74, 6) is -1.39. The molecule has 1 aliphatic carbocycles. The highest BCUT2D eigenvalue weighted by Gasteiger charge is 2.28. The molecule has 0 radical (unpaired) electrons. The highest BCUT2D eigenvalue weighted by Crippen LogP contribution is 2.29. The highest BCUT2D eigenvalue weighted by atomic mass is 19.1.